The summed E-state index contributed by atoms with van der Waals surface area (Å²) in [5.41, 5.74) is 0.940. The third kappa shape index (κ3) is 6.78. The summed E-state index contributed by atoms with van der Waals surface area (Å²) in [7, 11) is -3.38. The average Bonchev–Trinajstić information content (AvgIpc) is 2.56. The predicted molar refractivity (Wildman–Crippen MR) is 98.0 cm³/mol. The van der Waals surface area contributed by atoms with Gasteiger partial charge in [-0.25, -0.2) is 8.42 Å². The van der Waals surface area contributed by atoms with Crippen molar-refractivity contribution >= 4 is 9.84 Å². The van der Waals surface area contributed by atoms with E-state index in [9.17, 15) is 8.42 Å². The van der Waals surface area contributed by atoms with Gasteiger partial charge in [-0.2, -0.15) is 0 Å². The second-order valence-corrected chi connectivity index (χ2v) is 7.60. The molecule has 0 atom stereocenters. The molecule has 0 heterocycles. The molecule has 0 N–H and O–H groups in total. The van der Waals surface area contributed by atoms with Crippen molar-refractivity contribution in [2.45, 2.75) is 64.2 Å². The van der Waals surface area contributed by atoms with E-state index < -0.39 is 9.84 Å². The van der Waals surface area contributed by atoms with Crippen LogP contribution in [0.15, 0.2) is 46.3 Å². The second-order valence-electron chi connectivity index (χ2n) is 5.80. The predicted octanol–water partition coefficient (Wildman–Crippen LogP) is 5.00. The molecule has 0 saturated heterocycles. The van der Waals surface area contributed by atoms with Gasteiger partial charge in [0.2, 0.25) is 9.84 Å². The molecule has 1 rings (SSSR count). The van der Waals surface area contributed by atoms with E-state index in [0.29, 0.717) is 4.90 Å². The number of unbranched alkanes of at least 4 members (excludes halogenated alkanes) is 4. The number of rotatable bonds is 11. The lowest BCUT2D eigenvalue weighted by Gasteiger charge is -2.24. The van der Waals surface area contributed by atoms with Gasteiger partial charge in [0, 0.05) is 18.8 Å². The van der Waals surface area contributed by atoms with Crippen LogP contribution in [0.3, 0.4) is 0 Å². The molecule has 23 heavy (non-hydrogen) atoms. The molecule has 0 spiro atoms. The average molecular weight is 338 g/mol. The lowest BCUT2D eigenvalue weighted by molar-refractivity contribution is 0.364. The van der Waals surface area contributed by atoms with Crippen molar-refractivity contribution in [2.75, 3.05) is 13.1 Å². The van der Waals surface area contributed by atoms with E-state index in [4.69, 9.17) is 0 Å². The van der Waals surface area contributed by atoms with Crippen molar-refractivity contribution in [3.63, 3.8) is 0 Å². The van der Waals surface area contributed by atoms with Gasteiger partial charge in [0.15, 0.2) is 0 Å². The fraction of sp³-hybridized carbons (Fsp3) is 0.579. The number of hydrogen-bond acceptors (Lipinski definition) is 3. The van der Waals surface area contributed by atoms with Gasteiger partial charge in [-0.05, 0) is 38.8 Å². The van der Waals surface area contributed by atoms with E-state index in [0.717, 1.165) is 38.0 Å². The van der Waals surface area contributed by atoms with Crippen LogP contribution in [0.4, 0.5) is 0 Å². The summed E-state index contributed by atoms with van der Waals surface area (Å²) in [6.07, 6.45) is 6.75. The van der Waals surface area contributed by atoms with E-state index in [-0.39, 0.29) is 0 Å². The van der Waals surface area contributed by atoms with Gasteiger partial charge in [0.1, 0.15) is 0 Å². The third-order valence-corrected chi connectivity index (χ3v) is 5.58. The lowest BCUT2D eigenvalue weighted by Crippen LogP contribution is -2.23. The number of hydrogen-bond donors (Lipinski definition) is 0. The lowest BCUT2D eigenvalue weighted by atomic mass is 10.1. The minimum atomic E-state index is -3.38. The van der Waals surface area contributed by atoms with Crippen molar-refractivity contribution in [3.8, 4) is 0 Å². The van der Waals surface area contributed by atoms with E-state index >= 15 is 0 Å². The van der Waals surface area contributed by atoms with E-state index in [2.05, 4.69) is 25.7 Å². The molecule has 0 aliphatic heterocycles. The van der Waals surface area contributed by atoms with Crippen LogP contribution in [0.2, 0.25) is 0 Å². The minimum absolute atomic E-state index is 0.371. The monoisotopic (exact) mass is 337 g/mol. The highest BCUT2D eigenvalue weighted by Crippen LogP contribution is 2.20. The molecule has 0 saturated carbocycles. The standard InChI is InChI=1S/C19H31NO2S/c1-4-7-8-9-11-14-18(20(5-2)6-3)17-23(21,22)19-15-12-10-13-16-19/h10,12-13,15-17H,4-9,11,14H2,1-3H3/b18-17+. The minimum Gasteiger partial charge on any atom is -0.375 e. The summed E-state index contributed by atoms with van der Waals surface area (Å²) >= 11 is 0. The molecular weight excluding hydrogens is 306 g/mol. The highest BCUT2D eigenvalue weighted by molar-refractivity contribution is 7.94. The van der Waals surface area contributed by atoms with Crippen LogP contribution < -0.4 is 0 Å². The number of nitrogens with zero attached hydrogens (tertiary/aromatic N) is 1. The fourth-order valence-electron chi connectivity index (χ4n) is 2.69. The molecule has 0 fully saturated rings. The first-order valence-corrected chi connectivity index (χ1v) is 10.3. The molecule has 1 aromatic carbocycles. The van der Waals surface area contributed by atoms with Crippen molar-refractivity contribution in [1.82, 2.24) is 4.90 Å². The quantitative estimate of drug-likeness (QED) is 0.533. The summed E-state index contributed by atoms with van der Waals surface area (Å²) in [4.78, 5) is 2.52. The van der Waals surface area contributed by atoms with Crippen LogP contribution in [0.1, 0.15) is 59.3 Å². The molecule has 0 aliphatic rings. The zero-order valence-electron chi connectivity index (χ0n) is 14.8. The molecule has 4 heteroatoms. The van der Waals surface area contributed by atoms with Gasteiger partial charge in [-0.3, -0.25) is 0 Å². The van der Waals surface area contributed by atoms with Crippen LogP contribution in [0.25, 0.3) is 0 Å². The normalized spacial score (nSPS) is 12.4. The highest BCUT2D eigenvalue weighted by atomic mass is 32.2. The molecule has 3 nitrogen and oxygen atoms in total. The first-order valence-electron chi connectivity index (χ1n) is 8.80. The molecule has 1 aromatic rings. The van der Waals surface area contributed by atoms with Crippen LogP contribution in [0, 0.1) is 0 Å². The Morgan fingerprint density at radius 2 is 1.57 bits per heavy atom. The SMILES string of the molecule is CCCCCCC/C(=C\S(=O)(=O)c1ccccc1)N(CC)CC. The van der Waals surface area contributed by atoms with Gasteiger partial charge in [-0.1, -0.05) is 50.8 Å². The maximum absolute atomic E-state index is 12.6. The Morgan fingerprint density at radius 1 is 0.957 bits per heavy atom. The Bertz CT molecular complexity index is 560. The van der Waals surface area contributed by atoms with Crippen molar-refractivity contribution in [1.29, 1.82) is 0 Å². The van der Waals surface area contributed by atoms with E-state index in [1.54, 1.807) is 24.3 Å². The molecule has 0 unspecified atom stereocenters. The molecular formula is C19H31NO2S. The Morgan fingerprint density at radius 3 is 2.13 bits per heavy atom. The summed E-state index contributed by atoms with van der Waals surface area (Å²) in [6.45, 7) is 8.02. The smallest absolute Gasteiger partial charge is 0.201 e. The van der Waals surface area contributed by atoms with Crippen LogP contribution in [0.5, 0.6) is 0 Å². The molecule has 0 radical (unpaired) electrons. The number of sulfone groups is 1. The second kappa shape index (κ2) is 10.5. The summed E-state index contributed by atoms with van der Waals surface area (Å²) in [5, 5.41) is 1.48. The fourth-order valence-corrected chi connectivity index (χ4v) is 3.99. The molecule has 130 valence electrons. The van der Waals surface area contributed by atoms with Gasteiger partial charge in [0.25, 0.3) is 0 Å². The van der Waals surface area contributed by atoms with E-state index in [1.807, 2.05) is 6.07 Å². The first kappa shape index (κ1) is 19.8. The molecule has 0 aromatic heterocycles. The molecule has 0 amide bonds. The Labute approximate surface area is 142 Å². The van der Waals surface area contributed by atoms with Crippen LogP contribution >= 0.6 is 0 Å². The van der Waals surface area contributed by atoms with Crippen LogP contribution in [-0.4, -0.2) is 26.4 Å². The van der Waals surface area contributed by atoms with Gasteiger partial charge in [-0.15, -0.1) is 0 Å². The van der Waals surface area contributed by atoms with Gasteiger partial charge in [0.05, 0.1) is 10.3 Å². The number of benzene rings is 1. The Hall–Kier alpha value is -1.29. The summed E-state index contributed by atoms with van der Waals surface area (Å²) in [6, 6.07) is 8.69. The van der Waals surface area contributed by atoms with Crippen molar-refractivity contribution in [3.05, 3.63) is 41.4 Å². The third-order valence-electron chi connectivity index (χ3n) is 4.07. The van der Waals surface area contributed by atoms with Gasteiger partial charge >= 0.3 is 0 Å². The van der Waals surface area contributed by atoms with E-state index in [1.165, 1.54) is 24.7 Å². The zero-order valence-corrected chi connectivity index (χ0v) is 15.6. The maximum Gasteiger partial charge on any atom is 0.201 e. The summed E-state index contributed by atoms with van der Waals surface area (Å²) < 4.78 is 25.2. The van der Waals surface area contributed by atoms with Gasteiger partial charge < -0.3 is 4.90 Å². The highest BCUT2D eigenvalue weighted by Gasteiger charge is 2.15. The molecule has 0 aliphatic carbocycles. The zero-order chi connectivity index (χ0) is 17.1. The topological polar surface area (TPSA) is 37.4 Å². The maximum atomic E-state index is 12.6. The first-order chi connectivity index (χ1) is 11.0. The Balaban J connectivity index is 2.90. The van der Waals surface area contributed by atoms with Crippen molar-refractivity contribution in [2.24, 2.45) is 0 Å². The Kier molecular flexibility index (Phi) is 9.00. The summed E-state index contributed by atoms with van der Waals surface area (Å²) in [5.74, 6) is 0. The number of allylic oxidation sites excluding steroid dienone is 1. The van der Waals surface area contributed by atoms with Crippen molar-refractivity contribution < 1.29 is 8.42 Å². The molecule has 0 bridgehead atoms. The largest absolute Gasteiger partial charge is 0.375 e. The van der Waals surface area contributed by atoms with Crippen LogP contribution in [-0.2, 0) is 9.84 Å².